The normalized spacial score (nSPS) is 35.1. The van der Waals surface area contributed by atoms with Crippen LogP contribution in [-0.2, 0) is 14.2 Å². The van der Waals surface area contributed by atoms with Crippen LogP contribution in [0.3, 0.4) is 0 Å². The third-order valence-corrected chi connectivity index (χ3v) is 3.28. The third-order valence-electron chi connectivity index (χ3n) is 3.28. The molecular formula is C11H16N4O5. The highest BCUT2D eigenvalue weighted by molar-refractivity contribution is 5.19. The monoisotopic (exact) mass is 284 g/mol. The van der Waals surface area contributed by atoms with Gasteiger partial charge in [-0.2, -0.15) is 14.8 Å². The summed E-state index contributed by atoms with van der Waals surface area (Å²) in [5.41, 5.74) is 4.77. The highest BCUT2D eigenvalue weighted by Gasteiger charge is 2.56. The lowest BCUT2D eigenvalue weighted by atomic mass is 10.1. The van der Waals surface area contributed by atoms with Crippen molar-refractivity contribution in [2.24, 2.45) is 0 Å². The minimum Gasteiger partial charge on any atom is -0.394 e. The van der Waals surface area contributed by atoms with E-state index in [0.717, 1.165) is 4.68 Å². The minimum atomic E-state index is -0.810. The number of ether oxygens (including phenoxy) is 3. The molecule has 0 spiro atoms. The second-order valence-electron chi connectivity index (χ2n) is 5.22. The fourth-order valence-electron chi connectivity index (χ4n) is 2.54. The molecule has 3 N–H and O–H groups in total. The van der Waals surface area contributed by atoms with Gasteiger partial charge in [-0.15, -0.1) is 0 Å². The maximum absolute atomic E-state index is 11.8. The molecule has 20 heavy (non-hydrogen) atoms. The van der Waals surface area contributed by atoms with Gasteiger partial charge in [-0.05, 0) is 13.8 Å². The number of rotatable bonds is 2. The number of aliphatic hydroxyl groups excluding tert-OH is 1. The molecular weight excluding hydrogens is 268 g/mol. The van der Waals surface area contributed by atoms with E-state index in [-0.39, 0.29) is 12.4 Å². The SMILES string of the molecule is CC1(C)O[C@@H]2[C@H](O1)[C@@H](CO)O[C@H]2n1ncc(N)nc1=O. The van der Waals surface area contributed by atoms with Gasteiger partial charge in [-0.3, -0.25) is 0 Å². The maximum Gasteiger partial charge on any atom is 0.368 e. The Bertz CT molecular complexity index is 574. The van der Waals surface area contributed by atoms with Gasteiger partial charge in [-0.1, -0.05) is 0 Å². The average Bonchev–Trinajstić information content (AvgIpc) is 2.83. The number of hydrogen-bond donors (Lipinski definition) is 2. The van der Waals surface area contributed by atoms with Crippen LogP contribution >= 0.6 is 0 Å². The lowest BCUT2D eigenvalue weighted by Crippen LogP contribution is -2.36. The Morgan fingerprint density at radius 1 is 1.45 bits per heavy atom. The number of nitrogens with zero attached hydrogens (tertiary/aromatic N) is 3. The van der Waals surface area contributed by atoms with E-state index in [1.807, 2.05) is 0 Å². The zero-order chi connectivity index (χ0) is 14.5. The Morgan fingerprint density at radius 3 is 2.80 bits per heavy atom. The summed E-state index contributed by atoms with van der Waals surface area (Å²) >= 11 is 0. The third kappa shape index (κ3) is 2.08. The van der Waals surface area contributed by atoms with Crippen LogP contribution in [0.5, 0.6) is 0 Å². The Kier molecular flexibility index (Phi) is 3.01. The van der Waals surface area contributed by atoms with Gasteiger partial charge in [0.2, 0.25) is 0 Å². The molecule has 0 aromatic carbocycles. The van der Waals surface area contributed by atoms with Crippen LogP contribution < -0.4 is 11.4 Å². The topological polar surface area (TPSA) is 122 Å². The molecule has 3 rings (SSSR count). The van der Waals surface area contributed by atoms with Crippen molar-refractivity contribution in [2.75, 3.05) is 12.3 Å². The molecule has 0 amide bonds. The fourth-order valence-corrected chi connectivity index (χ4v) is 2.54. The van der Waals surface area contributed by atoms with Crippen LogP contribution in [0, 0.1) is 0 Å². The molecule has 4 atom stereocenters. The first-order chi connectivity index (χ1) is 9.41. The molecule has 9 nitrogen and oxygen atoms in total. The summed E-state index contributed by atoms with van der Waals surface area (Å²) in [5.74, 6) is -0.779. The van der Waals surface area contributed by atoms with E-state index < -0.39 is 36.0 Å². The van der Waals surface area contributed by atoms with E-state index in [4.69, 9.17) is 19.9 Å². The summed E-state index contributed by atoms with van der Waals surface area (Å²) in [4.78, 5) is 15.4. The summed E-state index contributed by atoms with van der Waals surface area (Å²) < 4.78 is 18.1. The second kappa shape index (κ2) is 4.48. The average molecular weight is 284 g/mol. The van der Waals surface area contributed by atoms with E-state index in [2.05, 4.69) is 10.1 Å². The molecule has 0 radical (unpaired) electrons. The molecule has 0 aliphatic carbocycles. The van der Waals surface area contributed by atoms with Crippen LogP contribution in [0.15, 0.2) is 11.0 Å². The number of anilines is 1. The van der Waals surface area contributed by atoms with Gasteiger partial charge >= 0.3 is 5.69 Å². The molecule has 110 valence electrons. The van der Waals surface area contributed by atoms with Gasteiger partial charge in [0, 0.05) is 0 Å². The maximum atomic E-state index is 11.8. The summed E-state index contributed by atoms with van der Waals surface area (Å²) in [6.07, 6.45) is -1.14. The Hall–Kier alpha value is -1.55. The first kappa shape index (κ1) is 13.4. The smallest absolute Gasteiger partial charge is 0.368 e. The molecule has 2 saturated heterocycles. The summed E-state index contributed by atoms with van der Waals surface area (Å²) in [5, 5.41) is 13.3. The van der Waals surface area contributed by atoms with Crippen molar-refractivity contribution in [3.05, 3.63) is 16.7 Å². The number of aromatic nitrogens is 3. The van der Waals surface area contributed by atoms with Gasteiger partial charge in [0.15, 0.2) is 12.0 Å². The highest BCUT2D eigenvalue weighted by Crippen LogP contribution is 2.42. The summed E-state index contributed by atoms with van der Waals surface area (Å²) in [6, 6.07) is 0. The largest absolute Gasteiger partial charge is 0.394 e. The minimum absolute atomic E-state index is 0.0309. The Morgan fingerprint density at radius 2 is 2.15 bits per heavy atom. The van der Waals surface area contributed by atoms with Gasteiger partial charge < -0.3 is 25.1 Å². The molecule has 0 bridgehead atoms. The molecule has 2 fully saturated rings. The standard InChI is InChI=1S/C11H16N4O5/c1-11(2)19-7-5(4-16)18-9(8(7)20-11)15-10(17)14-6(12)3-13-15/h3,5,7-9,16H,4H2,1-2H3,(H2,12,14,17)/t5-,7-,8-,9-/m1/s1. The van der Waals surface area contributed by atoms with Crippen LogP contribution in [-0.4, -0.2) is 50.6 Å². The molecule has 1 aromatic heterocycles. The van der Waals surface area contributed by atoms with Crippen molar-refractivity contribution in [3.8, 4) is 0 Å². The molecule has 9 heteroatoms. The molecule has 0 unspecified atom stereocenters. The molecule has 2 aliphatic heterocycles. The lowest BCUT2D eigenvalue weighted by molar-refractivity contribution is -0.202. The first-order valence-electron chi connectivity index (χ1n) is 6.24. The number of hydrogen-bond acceptors (Lipinski definition) is 8. The van der Waals surface area contributed by atoms with Gasteiger partial charge in [0.1, 0.15) is 24.1 Å². The van der Waals surface area contributed by atoms with Gasteiger partial charge in [-0.25, -0.2) is 4.79 Å². The van der Waals surface area contributed by atoms with Crippen LogP contribution in [0.2, 0.25) is 0 Å². The zero-order valence-corrected chi connectivity index (χ0v) is 11.1. The number of nitrogen functional groups attached to an aromatic ring is 1. The van der Waals surface area contributed by atoms with E-state index in [1.54, 1.807) is 13.8 Å². The van der Waals surface area contributed by atoms with Gasteiger partial charge in [0.05, 0.1) is 12.8 Å². The van der Waals surface area contributed by atoms with E-state index in [9.17, 15) is 9.90 Å². The number of fused-ring (bicyclic) bond motifs is 1. The van der Waals surface area contributed by atoms with Crippen LogP contribution in [0.1, 0.15) is 20.1 Å². The van der Waals surface area contributed by atoms with Crippen molar-refractivity contribution >= 4 is 5.82 Å². The molecule has 2 aliphatic rings. The predicted octanol–water partition coefficient (Wildman–Crippen LogP) is -1.37. The van der Waals surface area contributed by atoms with Crippen LogP contribution in [0.4, 0.5) is 5.82 Å². The molecule has 1 aromatic rings. The lowest BCUT2D eigenvalue weighted by Gasteiger charge is -2.23. The summed E-state index contributed by atoms with van der Waals surface area (Å²) in [6.45, 7) is 3.27. The first-order valence-corrected chi connectivity index (χ1v) is 6.24. The van der Waals surface area contributed by atoms with E-state index in [0.29, 0.717) is 0 Å². The van der Waals surface area contributed by atoms with Crippen molar-refractivity contribution in [3.63, 3.8) is 0 Å². The van der Waals surface area contributed by atoms with Crippen molar-refractivity contribution in [2.45, 2.75) is 44.2 Å². The Balaban J connectivity index is 1.96. The van der Waals surface area contributed by atoms with E-state index in [1.165, 1.54) is 6.20 Å². The fraction of sp³-hybridized carbons (Fsp3) is 0.727. The van der Waals surface area contributed by atoms with Crippen molar-refractivity contribution < 1.29 is 19.3 Å². The quantitative estimate of drug-likeness (QED) is 0.682. The van der Waals surface area contributed by atoms with Crippen molar-refractivity contribution in [1.29, 1.82) is 0 Å². The highest BCUT2D eigenvalue weighted by atomic mass is 16.8. The molecule has 0 saturated carbocycles. The van der Waals surface area contributed by atoms with Crippen molar-refractivity contribution in [1.82, 2.24) is 14.8 Å². The number of aliphatic hydroxyl groups is 1. The molecule has 3 heterocycles. The van der Waals surface area contributed by atoms with Crippen LogP contribution in [0.25, 0.3) is 0 Å². The van der Waals surface area contributed by atoms with E-state index >= 15 is 0 Å². The van der Waals surface area contributed by atoms with Gasteiger partial charge in [0.25, 0.3) is 0 Å². The predicted molar refractivity (Wildman–Crippen MR) is 65.5 cm³/mol. The second-order valence-corrected chi connectivity index (χ2v) is 5.22. The Labute approximate surface area is 114 Å². The zero-order valence-electron chi connectivity index (χ0n) is 11.1. The number of nitrogens with two attached hydrogens (primary N) is 1. The summed E-state index contributed by atoms with van der Waals surface area (Å²) in [7, 11) is 0.